The maximum absolute atomic E-state index is 5.81. The van der Waals surface area contributed by atoms with Gasteiger partial charge in [0.1, 0.15) is 10.6 Å². The van der Waals surface area contributed by atoms with Gasteiger partial charge in [0.25, 0.3) is 0 Å². The van der Waals surface area contributed by atoms with Gasteiger partial charge in [0.15, 0.2) is 5.79 Å². The molecule has 1 unspecified atom stereocenters. The fourth-order valence-electron chi connectivity index (χ4n) is 1.50. The van der Waals surface area contributed by atoms with Crippen molar-refractivity contribution in [1.82, 2.24) is 4.98 Å². The van der Waals surface area contributed by atoms with Crippen molar-refractivity contribution < 1.29 is 9.47 Å². The van der Waals surface area contributed by atoms with E-state index in [0.717, 1.165) is 5.01 Å². The van der Waals surface area contributed by atoms with Crippen LogP contribution in [0.3, 0.4) is 0 Å². The fraction of sp³-hybridized carbons (Fsp3) is 0.667. The molecule has 2 heterocycles. The molecule has 0 aromatic carbocycles. The van der Waals surface area contributed by atoms with E-state index >= 15 is 0 Å². The van der Waals surface area contributed by atoms with Crippen LogP contribution >= 0.6 is 11.3 Å². The van der Waals surface area contributed by atoms with E-state index in [9.17, 15) is 0 Å². The largest absolute Gasteiger partial charge is 0.347 e. The van der Waals surface area contributed by atoms with Crippen molar-refractivity contribution in [1.29, 1.82) is 0 Å². The molecule has 72 valence electrons. The molecule has 1 saturated heterocycles. The first-order valence-corrected chi connectivity index (χ1v) is 5.14. The lowest BCUT2D eigenvalue weighted by Crippen LogP contribution is -2.28. The first-order chi connectivity index (χ1) is 6.02. The third-order valence-corrected chi connectivity index (χ3v) is 3.07. The minimum absolute atomic E-state index is 0.363. The quantitative estimate of drug-likeness (QED) is 0.694. The summed E-state index contributed by atoms with van der Waals surface area (Å²) in [5, 5.41) is 2.94. The van der Waals surface area contributed by atoms with Gasteiger partial charge in [0, 0.05) is 11.6 Å². The Morgan fingerprint density at radius 1 is 1.46 bits per heavy atom. The van der Waals surface area contributed by atoms with E-state index in [1.165, 1.54) is 0 Å². The summed E-state index contributed by atoms with van der Waals surface area (Å²) in [6.07, 6.45) is 1.79. The van der Waals surface area contributed by atoms with Gasteiger partial charge in [-0.2, -0.15) is 0 Å². The van der Waals surface area contributed by atoms with Gasteiger partial charge in [-0.15, -0.1) is 11.3 Å². The van der Waals surface area contributed by atoms with Crippen LogP contribution in [0.25, 0.3) is 0 Å². The highest BCUT2D eigenvalue weighted by Crippen LogP contribution is 2.38. The van der Waals surface area contributed by atoms with E-state index in [2.05, 4.69) is 4.98 Å². The maximum atomic E-state index is 5.81. The van der Waals surface area contributed by atoms with Gasteiger partial charge < -0.3 is 9.47 Å². The molecule has 1 aromatic heterocycles. The van der Waals surface area contributed by atoms with Crippen LogP contribution in [-0.2, 0) is 15.1 Å². The molecule has 1 atom stereocenters. The van der Waals surface area contributed by atoms with E-state index in [1.807, 2.05) is 26.2 Å². The number of ether oxygens (including phenoxy) is 2. The predicted molar refractivity (Wildman–Crippen MR) is 50.6 cm³/mol. The standard InChI is InChI=1S/C9H13NO2S/c1-8(2)11-6-9(3,12-8)7-10-4-5-13-7/h4-5H,6H2,1-3H3. The lowest BCUT2D eigenvalue weighted by atomic mass is 10.1. The third-order valence-electron chi connectivity index (χ3n) is 2.05. The van der Waals surface area contributed by atoms with Crippen LogP contribution in [-0.4, -0.2) is 17.4 Å². The molecule has 0 amide bonds. The monoisotopic (exact) mass is 199 g/mol. The number of rotatable bonds is 1. The Bertz CT molecular complexity index is 297. The SMILES string of the molecule is CC1(C)OCC(C)(c2nccs2)O1. The van der Waals surface area contributed by atoms with Crippen molar-refractivity contribution in [2.45, 2.75) is 32.2 Å². The van der Waals surface area contributed by atoms with Gasteiger partial charge in [-0.1, -0.05) is 0 Å². The Hall–Kier alpha value is -0.450. The van der Waals surface area contributed by atoms with Gasteiger partial charge in [0.05, 0.1) is 6.61 Å². The summed E-state index contributed by atoms with van der Waals surface area (Å²) >= 11 is 1.60. The minimum Gasteiger partial charge on any atom is -0.347 e. The van der Waals surface area contributed by atoms with E-state index in [4.69, 9.17) is 9.47 Å². The number of hydrogen-bond acceptors (Lipinski definition) is 4. The molecule has 1 aliphatic rings. The van der Waals surface area contributed by atoms with E-state index in [0.29, 0.717) is 6.61 Å². The molecule has 3 nitrogen and oxygen atoms in total. The van der Waals surface area contributed by atoms with Crippen molar-refractivity contribution in [3.05, 3.63) is 16.6 Å². The van der Waals surface area contributed by atoms with Crippen LogP contribution in [0.4, 0.5) is 0 Å². The zero-order chi connectivity index (χ0) is 9.53. The Morgan fingerprint density at radius 3 is 2.69 bits per heavy atom. The minimum atomic E-state index is -0.486. The van der Waals surface area contributed by atoms with Gasteiger partial charge in [0.2, 0.25) is 0 Å². The molecular formula is C9H13NO2S. The molecule has 2 rings (SSSR count). The Morgan fingerprint density at radius 2 is 2.23 bits per heavy atom. The van der Waals surface area contributed by atoms with Crippen LogP contribution in [0.2, 0.25) is 0 Å². The van der Waals surface area contributed by atoms with Crippen molar-refractivity contribution in [2.24, 2.45) is 0 Å². The molecule has 1 aliphatic heterocycles. The maximum Gasteiger partial charge on any atom is 0.164 e. The molecule has 4 heteroatoms. The van der Waals surface area contributed by atoms with Crippen LogP contribution in [0, 0.1) is 0 Å². The van der Waals surface area contributed by atoms with Crippen LogP contribution in [0.15, 0.2) is 11.6 Å². The fourth-order valence-corrected chi connectivity index (χ4v) is 2.23. The van der Waals surface area contributed by atoms with E-state index in [-0.39, 0.29) is 5.60 Å². The second kappa shape index (κ2) is 2.77. The van der Waals surface area contributed by atoms with Crippen molar-refractivity contribution in [3.8, 4) is 0 Å². The second-order valence-corrected chi connectivity index (χ2v) is 4.75. The number of aromatic nitrogens is 1. The lowest BCUT2D eigenvalue weighted by Gasteiger charge is -2.22. The first kappa shape index (κ1) is 9.12. The molecule has 0 spiro atoms. The Balaban J connectivity index is 2.25. The van der Waals surface area contributed by atoms with Crippen molar-refractivity contribution in [3.63, 3.8) is 0 Å². The number of thiazole rings is 1. The van der Waals surface area contributed by atoms with Crippen molar-refractivity contribution >= 4 is 11.3 Å². The van der Waals surface area contributed by atoms with Gasteiger partial charge in [-0.05, 0) is 20.8 Å². The smallest absolute Gasteiger partial charge is 0.164 e. The van der Waals surface area contributed by atoms with Gasteiger partial charge in [-0.25, -0.2) is 4.98 Å². The highest BCUT2D eigenvalue weighted by molar-refractivity contribution is 7.09. The summed E-state index contributed by atoms with van der Waals surface area (Å²) in [6, 6.07) is 0. The zero-order valence-corrected chi connectivity index (χ0v) is 8.85. The number of nitrogens with zero attached hydrogens (tertiary/aromatic N) is 1. The second-order valence-electron chi connectivity index (χ2n) is 3.86. The summed E-state index contributed by atoms with van der Waals surface area (Å²) in [5.74, 6) is -0.486. The topological polar surface area (TPSA) is 31.4 Å². The normalized spacial score (nSPS) is 32.2. The molecule has 0 bridgehead atoms. The van der Waals surface area contributed by atoms with Crippen LogP contribution in [0.1, 0.15) is 25.8 Å². The summed E-state index contributed by atoms with van der Waals surface area (Å²) < 4.78 is 11.3. The highest BCUT2D eigenvalue weighted by atomic mass is 32.1. The molecule has 0 saturated carbocycles. The Labute approximate surface area is 81.7 Å². The summed E-state index contributed by atoms with van der Waals surface area (Å²) in [6.45, 7) is 6.44. The lowest BCUT2D eigenvalue weighted by molar-refractivity contribution is -0.159. The van der Waals surface area contributed by atoms with Crippen LogP contribution < -0.4 is 0 Å². The number of hydrogen-bond donors (Lipinski definition) is 0. The van der Waals surface area contributed by atoms with Gasteiger partial charge in [-0.3, -0.25) is 0 Å². The zero-order valence-electron chi connectivity index (χ0n) is 8.03. The molecule has 1 aromatic rings. The molecule has 1 fully saturated rings. The Kier molecular flexibility index (Phi) is 1.94. The average molecular weight is 199 g/mol. The predicted octanol–water partition coefficient (Wildman–Crippen LogP) is 2.14. The third kappa shape index (κ3) is 1.61. The van der Waals surface area contributed by atoms with E-state index in [1.54, 1.807) is 17.5 Å². The van der Waals surface area contributed by atoms with E-state index < -0.39 is 5.79 Å². The summed E-state index contributed by atoms with van der Waals surface area (Å²) in [5.41, 5.74) is -0.363. The van der Waals surface area contributed by atoms with Gasteiger partial charge >= 0.3 is 0 Å². The molecule has 0 aliphatic carbocycles. The summed E-state index contributed by atoms with van der Waals surface area (Å²) in [4.78, 5) is 4.25. The molecule has 0 N–H and O–H groups in total. The van der Waals surface area contributed by atoms with Crippen molar-refractivity contribution in [2.75, 3.05) is 6.61 Å². The molecular weight excluding hydrogens is 186 g/mol. The molecule has 13 heavy (non-hydrogen) atoms. The van der Waals surface area contributed by atoms with Crippen LogP contribution in [0.5, 0.6) is 0 Å². The first-order valence-electron chi connectivity index (χ1n) is 4.26. The summed E-state index contributed by atoms with van der Waals surface area (Å²) in [7, 11) is 0. The average Bonchev–Trinajstić information content (AvgIpc) is 2.58. The highest BCUT2D eigenvalue weighted by Gasteiger charge is 2.44. The molecule has 0 radical (unpaired) electrons.